The van der Waals surface area contributed by atoms with E-state index >= 15 is 0 Å². The molecule has 0 unspecified atom stereocenters. The van der Waals surface area contributed by atoms with Crippen LogP contribution in [-0.2, 0) is 12.8 Å². The number of rotatable bonds is 4. The molecule has 0 atom stereocenters. The molecule has 20 heavy (non-hydrogen) atoms. The summed E-state index contributed by atoms with van der Waals surface area (Å²) in [6.45, 7) is 3.07. The van der Waals surface area contributed by atoms with Crippen molar-refractivity contribution in [2.45, 2.75) is 26.2 Å². The first-order valence-corrected chi connectivity index (χ1v) is 7.09. The van der Waals surface area contributed by atoms with E-state index < -0.39 is 0 Å². The number of hydrogen-bond donors (Lipinski definition) is 1. The molecule has 4 nitrogen and oxygen atoms in total. The lowest BCUT2D eigenvalue weighted by molar-refractivity contribution is 0.415. The Hall–Kier alpha value is -2.10. The van der Waals surface area contributed by atoms with Gasteiger partial charge in [0.15, 0.2) is 0 Å². The molecule has 0 saturated carbocycles. The average Bonchev–Trinajstić information content (AvgIpc) is 2.51. The Morgan fingerprint density at radius 2 is 2.00 bits per heavy atom. The van der Waals surface area contributed by atoms with E-state index in [0.29, 0.717) is 0 Å². The van der Waals surface area contributed by atoms with Crippen LogP contribution >= 0.6 is 0 Å². The van der Waals surface area contributed by atoms with E-state index in [1.54, 1.807) is 7.11 Å². The lowest BCUT2D eigenvalue weighted by Crippen LogP contribution is -2.10. The van der Waals surface area contributed by atoms with Gasteiger partial charge in [0.25, 0.3) is 0 Å². The van der Waals surface area contributed by atoms with Gasteiger partial charge in [-0.2, -0.15) is 0 Å². The maximum Gasteiger partial charge on any atom is 0.148 e. The smallest absolute Gasteiger partial charge is 0.148 e. The van der Waals surface area contributed by atoms with Gasteiger partial charge in [0.2, 0.25) is 0 Å². The Bertz CT molecular complexity index is 625. The van der Waals surface area contributed by atoms with Crippen LogP contribution in [0.4, 0.5) is 5.82 Å². The van der Waals surface area contributed by atoms with Gasteiger partial charge in [0.05, 0.1) is 12.8 Å². The second-order valence-electron chi connectivity index (χ2n) is 5.05. The summed E-state index contributed by atoms with van der Waals surface area (Å²) >= 11 is 0. The minimum absolute atomic E-state index is 0.867. The van der Waals surface area contributed by atoms with Gasteiger partial charge in [-0.1, -0.05) is 13.0 Å². The molecular formula is C16H19N3O. The molecule has 1 N–H and O–H groups in total. The van der Waals surface area contributed by atoms with Crippen molar-refractivity contribution in [3.8, 4) is 17.0 Å². The largest absolute Gasteiger partial charge is 0.497 e. The second-order valence-corrected chi connectivity index (χ2v) is 5.05. The van der Waals surface area contributed by atoms with Crippen molar-refractivity contribution in [2.24, 2.45) is 0 Å². The molecule has 0 amide bonds. The zero-order valence-corrected chi connectivity index (χ0v) is 11.9. The van der Waals surface area contributed by atoms with E-state index in [-0.39, 0.29) is 0 Å². The van der Waals surface area contributed by atoms with Crippen molar-refractivity contribution in [1.82, 2.24) is 10.2 Å². The van der Waals surface area contributed by atoms with Crippen LogP contribution in [0.2, 0.25) is 0 Å². The van der Waals surface area contributed by atoms with Gasteiger partial charge in [0, 0.05) is 12.1 Å². The van der Waals surface area contributed by atoms with Crippen LogP contribution in [0.15, 0.2) is 24.3 Å². The van der Waals surface area contributed by atoms with Crippen LogP contribution in [-0.4, -0.2) is 23.9 Å². The third kappa shape index (κ3) is 2.33. The monoisotopic (exact) mass is 269 g/mol. The van der Waals surface area contributed by atoms with Gasteiger partial charge in [-0.3, -0.25) is 0 Å². The molecule has 2 aromatic rings. The highest BCUT2D eigenvalue weighted by Crippen LogP contribution is 2.34. The lowest BCUT2D eigenvalue weighted by atomic mass is 9.89. The molecule has 1 heterocycles. The SMILES string of the molecule is CCCNc1cc2c(nn1)-c1cc(OC)ccc1CC2. The molecule has 3 rings (SSSR count). The zero-order valence-electron chi connectivity index (χ0n) is 11.9. The van der Waals surface area contributed by atoms with Gasteiger partial charge in [-0.05, 0) is 48.6 Å². The Labute approximate surface area is 119 Å². The number of nitrogens with one attached hydrogen (secondary N) is 1. The van der Waals surface area contributed by atoms with Gasteiger partial charge in [-0.15, -0.1) is 10.2 Å². The number of aryl methyl sites for hydroxylation is 2. The molecule has 0 fully saturated rings. The van der Waals surface area contributed by atoms with Crippen molar-refractivity contribution in [3.05, 3.63) is 35.4 Å². The fraction of sp³-hybridized carbons (Fsp3) is 0.375. The molecule has 0 radical (unpaired) electrons. The predicted molar refractivity (Wildman–Crippen MR) is 80.2 cm³/mol. The van der Waals surface area contributed by atoms with Gasteiger partial charge < -0.3 is 10.1 Å². The van der Waals surface area contributed by atoms with E-state index in [9.17, 15) is 0 Å². The summed E-state index contributed by atoms with van der Waals surface area (Å²) in [7, 11) is 1.69. The predicted octanol–water partition coefficient (Wildman–Crippen LogP) is 3.07. The average molecular weight is 269 g/mol. The summed E-state index contributed by atoms with van der Waals surface area (Å²) in [5.41, 5.74) is 4.73. The Morgan fingerprint density at radius 1 is 1.15 bits per heavy atom. The molecule has 1 aromatic heterocycles. The molecular weight excluding hydrogens is 250 g/mol. The van der Waals surface area contributed by atoms with Crippen molar-refractivity contribution < 1.29 is 4.74 Å². The van der Waals surface area contributed by atoms with Crippen LogP contribution in [0, 0.1) is 0 Å². The molecule has 104 valence electrons. The summed E-state index contributed by atoms with van der Waals surface area (Å²) in [6.07, 6.45) is 3.15. The first kappa shape index (κ1) is 12.9. The molecule has 4 heteroatoms. The number of methoxy groups -OCH3 is 1. The lowest BCUT2D eigenvalue weighted by Gasteiger charge is -2.19. The van der Waals surface area contributed by atoms with E-state index in [1.165, 1.54) is 11.1 Å². The molecule has 1 aromatic carbocycles. The zero-order chi connectivity index (χ0) is 13.9. The molecule has 0 saturated heterocycles. The Morgan fingerprint density at radius 3 is 2.80 bits per heavy atom. The highest BCUT2D eigenvalue weighted by molar-refractivity contribution is 5.71. The maximum absolute atomic E-state index is 5.31. The minimum Gasteiger partial charge on any atom is -0.497 e. The number of hydrogen-bond acceptors (Lipinski definition) is 4. The van der Waals surface area contributed by atoms with Crippen molar-refractivity contribution in [1.29, 1.82) is 0 Å². The highest BCUT2D eigenvalue weighted by Gasteiger charge is 2.19. The first-order chi connectivity index (χ1) is 9.81. The third-order valence-electron chi connectivity index (χ3n) is 3.66. The van der Waals surface area contributed by atoms with Gasteiger partial charge in [0.1, 0.15) is 11.6 Å². The summed E-state index contributed by atoms with van der Waals surface area (Å²) in [5.74, 6) is 1.74. The number of nitrogens with zero attached hydrogens (tertiary/aromatic N) is 2. The number of anilines is 1. The van der Waals surface area contributed by atoms with E-state index in [2.05, 4.69) is 40.6 Å². The standard InChI is InChI=1S/C16H19N3O/c1-3-8-17-15-9-12-5-4-11-6-7-13(20-2)10-14(11)16(12)19-18-15/h6-7,9-10H,3-5,8H2,1-2H3,(H,17,18). The molecule has 0 spiro atoms. The quantitative estimate of drug-likeness (QED) is 0.926. The van der Waals surface area contributed by atoms with Crippen LogP contribution < -0.4 is 10.1 Å². The topological polar surface area (TPSA) is 47.0 Å². The van der Waals surface area contributed by atoms with E-state index in [4.69, 9.17) is 4.74 Å². The number of fused-ring (bicyclic) bond motifs is 3. The fourth-order valence-electron chi connectivity index (χ4n) is 2.58. The third-order valence-corrected chi connectivity index (χ3v) is 3.66. The fourth-order valence-corrected chi connectivity index (χ4v) is 2.58. The van der Waals surface area contributed by atoms with Gasteiger partial charge in [-0.25, -0.2) is 0 Å². The van der Waals surface area contributed by atoms with Crippen LogP contribution in [0.25, 0.3) is 11.3 Å². The molecule has 1 aliphatic carbocycles. The Kier molecular flexibility index (Phi) is 3.54. The van der Waals surface area contributed by atoms with Crippen molar-refractivity contribution in [2.75, 3.05) is 19.0 Å². The molecule has 1 aliphatic rings. The normalized spacial score (nSPS) is 12.5. The Balaban J connectivity index is 1.99. The number of aromatic nitrogens is 2. The maximum atomic E-state index is 5.31. The minimum atomic E-state index is 0.867. The molecule has 0 aliphatic heterocycles. The van der Waals surface area contributed by atoms with Crippen LogP contribution in [0.5, 0.6) is 5.75 Å². The summed E-state index contributed by atoms with van der Waals surface area (Å²) < 4.78 is 5.31. The van der Waals surface area contributed by atoms with Crippen LogP contribution in [0.3, 0.4) is 0 Å². The summed E-state index contributed by atoms with van der Waals surface area (Å²) in [4.78, 5) is 0. The number of benzene rings is 1. The van der Waals surface area contributed by atoms with E-state index in [0.717, 1.165) is 48.6 Å². The van der Waals surface area contributed by atoms with Crippen molar-refractivity contribution >= 4 is 5.82 Å². The van der Waals surface area contributed by atoms with Crippen molar-refractivity contribution in [3.63, 3.8) is 0 Å². The highest BCUT2D eigenvalue weighted by atomic mass is 16.5. The first-order valence-electron chi connectivity index (χ1n) is 7.09. The molecule has 0 bridgehead atoms. The number of ether oxygens (including phenoxy) is 1. The summed E-state index contributed by atoms with van der Waals surface area (Å²) in [5, 5.41) is 12.0. The second kappa shape index (κ2) is 5.49. The summed E-state index contributed by atoms with van der Waals surface area (Å²) in [6, 6.07) is 8.32. The van der Waals surface area contributed by atoms with Gasteiger partial charge >= 0.3 is 0 Å². The van der Waals surface area contributed by atoms with Crippen LogP contribution in [0.1, 0.15) is 24.5 Å². The van der Waals surface area contributed by atoms with E-state index in [1.807, 2.05) is 6.07 Å².